The van der Waals surface area contributed by atoms with Crippen LogP contribution in [0.2, 0.25) is 0 Å². The van der Waals surface area contributed by atoms with E-state index in [1.54, 1.807) is 12.2 Å². The van der Waals surface area contributed by atoms with Crippen LogP contribution in [0.25, 0.3) is 0 Å². The summed E-state index contributed by atoms with van der Waals surface area (Å²) in [6.45, 7) is 1.98. The van der Waals surface area contributed by atoms with E-state index >= 15 is 0 Å². The summed E-state index contributed by atoms with van der Waals surface area (Å²) in [4.78, 5) is 10.8. The van der Waals surface area contributed by atoms with Gasteiger partial charge >= 0.3 is 5.97 Å². The smallest absolute Gasteiger partial charge is 0.332 e. The quantitative estimate of drug-likeness (QED) is 0.809. The predicted octanol–water partition coefficient (Wildman–Crippen LogP) is 2.87. The Morgan fingerprint density at radius 3 is 2.85 bits per heavy atom. The maximum atomic E-state index is 10.8. The highest BCUT2D eigenvalue weighted by Gasteiger charge is 2.16. The Morgan fingerprint density at radius 2 is 2.31 bits per heavy atom. The van der Waals surface area contributed by atoms with Crippen molar-refractivity contribution in [3.05, 3.63) is 34.4 Å². The first-order valence-electron chi connectivity index (χ1n) is 4.14. The molecule has 2 nitrogen and oxygen atoms in total. The lowest BCUT2D eigenvalue weighted by Crippen LogP contribution is -2.09. The summed E-state index contributed by atoms with van der Waals surface area (Å²) in [7, 11) is 0. The highest BCUT2D eigenvalue weighted by Crippen LogP contribution is 2.23. The molecule has 0 saturated heterocycles. The molecule has 0 radical (unpaired) electrons. The topological polar surface area (TPSA) is 37.3 Å². The Labute approximate surface area is 85.8 Å². The number of hydrogen-bond donors (Lipinski definition) is 1. The molecule has 0 saturated carbocycles. The molecule has 70 valence electrons. The van der Waals surface area contributed by atoms with Crippen LogP contribution in [0.4, 0.5) is 0 Å². The molecular formula is C10H11BrO2. The molecular weight excluding hydrogens is 232 g/mol. The second-order valence-electron chi connectivity index (χ2n) is 2.85. The van der Waals surface area contributed by atoms with Crippen LogP contribution in [-0.2, 0) is 4.79 Å². The van der Waals surface area contributed by atoms with Gasteiger partial charge in [-0.1, -0.05) is 41.1 Å². The van der Waals surface area contributed by atoms with Gasteiger partial charge in [-0.15, -0.1) is 0 Å². The van der Waals surface area contributed by atoms with Gasteiger partial charge < -0.3 is 5.11 Å². The molecule has 0 aromatic rings. The molecule has 1 rings (SSSR count). The first-order chi connectivity index (χ1) is 6.15. The SMILES string of the molecule is CCC1C=CC(Br)=CC=C1C(=O)O. The molecule has 0 aromatic carbocycles. The van der Waals surface area contributed by atoms with Crippen molar-refractivity contribution >= 4 is 21.9 Å². The lowest BCUT2D eigenvalue weighted by atomic mass is 9.96. The maximum absolute atomic E-state index is 10.8. The van der Waals surface area contributed by atoms with Gasteiger partial charge in [0.15, 0.2) is 0 Å². The molecule has 3 heteroatoms. The van der Waals surface area contributed by atoms with Crippen molar-refractivity contribution in [2.45, 2.75) is 13.3 Å². The van der Waals surface area contributed by atoms with E-state index in [1.807, 2.05) is 19.1 Å². The van der Waals surface area contributed by atoms with Gasteiger partial charge in [-0.05, 0) is 12.5 Å². The van der Waals surface area contributed by atoms with E-state index in [2.05, 4.69) is 15.9 Å². The largest absolute Gasteiger partial charge is 0.478 e. The van der Waals surface area contributed by atoms with Crippen LogP contribution in [0.15, 0.2) is 34.4 Å². The second-order valence-corrected chi connectivity index (χ2v) is 3.77. The monoisotopic (exact) mass is 242 g/mol. The fraction of sp³-hybridized carbons (Fsp3) is 0.300. The van der Waals surface area contributed by atoms with Crippen LogP contribution in [-0.4, -0.2) is 11.1 Å². The third-order valence-corrected chi connectivity index (χ3v) is 2.52. The molecule has 0 aliphatic heterocycles. The molecule has 1 aliphatic carbocycles. The molecule has 0 bridgehead atoms. The van der Waals surface area contributed by atoms with E-state index in [0.29, 0.717) is 5.57 Å². The van der Waals surface area contributed by atoms with E-state index in [0.717, 1.165) is 10.9 Å². The van der Waals surface area contributed by atoms with Crippen molar-refractivity contribution in [2.24, 2.45) is 5.92 Å². The van der Waals surface area contributed by atoms with Gasteiger partial charge in [0.05, 0.1) is 0 Å². The zero-order valence-corrected chi connectivity index (χ0v) is 8.91. The van der Waals surface area contributed by atoms with Crippen LogP contribution < -0.4 is 0 Å². The molecule has 1 N–H and O–H groups in total. The summed E-state index contributed by atoms with van der Waals surface area (Å²) in [5, 5.41) is 8.90. The first kappa shape index (κ1) is 10.3. The minimum Gasteiger partial charge on any atom is -0.478 e. The lowest BCUT2D eigenvalue weighted by Gasteiger charge is -2.08. The number of hydrogen-bond acceptors (Lipinski definition) is 1. The van der Waals surface area contributed by atoms with Gasteiger partial charge in [0.1, 0.15) is 0 Å². The molecule has 0 fully saturated rings. The summed E-state index contributed by atoms with van der Waals surface area (Å²) < 4.78 is 0.905. The van der Waals surface area contributed by atoms with E-state index in [9.17, 15) is 4.79 Å². The molecule has 0 heterocycles. The van der Waals surface area contributed by atoms with Crippen LogP contribution in [0, 0.1) is 5.92 Å². The molecule has 0 aromatic heterocycles. The minimum absolute atomic E-state index is 0.0174. The van der Waals surface area contributed by atoms with Crippen molar-refractivity contribution in [2.75, 3.05) is 0 Å². The van der Waals surface area contributed by atoms with E-state index in [1.165, 1.54) is 0 Å². The van der Waals surface area contributed by atoms with Gasteiger partial charge in [0, 0.05) is 16.0 Å². The summed E-state index contributed by atoms with van der Waals surface area (Å²) >= 11 is 3.31. The zero-order chi connectivity index (χ0) is 9.84. The number of aliphatic carboxylic acids is 1. The molecule has 1 aliphatic rings. The van der Waals surface area contributed by atoms with Crippen molar-refractivity contribution in [3.63, 3.8) is 0 Å². The van der Waals surface area contributed by atoms with Gasteiger partial charge in [-0.3, -0.25) is 0 Å². The third kappa shape index (κ3) is 2.56. The molecule has 0 amide bonds. The molecule has 1 atom stereocenters. The van der Waals surface area contributed by atoms with Crippen molar-refractivity contribution in [3.8, 4) is 0 Å². The number of carbonyl (C=O) groups is 1. The minimum atomic E-state index is -0.838. The number of halogens is 1. The number of rotatable bonds is 2. The second kappa shape index (κ2) is 4.42. The van der Waals surface area contributed by atoms with Crippen LogP contribution in [0.5, 0.6) is 0 Å². The fourth-order valence-electron chi connectivity index (χ4n) is 1.25. The van der Waals surface area contributed by atoms with Crippen LogP contribution in [0.1, 0.15) is 13.3 Å². The number of carboxylic acid groups (broad SMARTS) is 1. The van der Waals surface area contributed by atoms with Gasteiger partial charge in [-0.25, -0.2) is 4.79 Å². The Balaban J connectivity index is 3.01. The zero-order valence-electron chi connectivity index (χ0n) is 7.33. The van der Waals surface area contributed by atoms with Crippen LogP contribution >= 0.6 is 15.9 Å². The van der Waals surface area contributed by atoms with Gasteiger partial charge in [-0.2, -0.15) is 0 Å². The van der Waals surface area contributed by atoms with Gasteiger partial charge in [0.25, 0.3) is 0 Å². The third-order valence-electron chi connectivity index (χ3n) is 2.00. The Kier molecular flexibility index (Phi) is 3.48. The van der Waals surface area contributed by atoms with Crippen molar-refractivity contribution in [1.82, 2.24) is 0 Å². The van der Waals surface area contributed by atoms with E-state index < -0.39 is 5.97 Å². The summed E-state index contributed by atoms with van der Waals surface area (Å²) in [5.41, 5.74) is 0.452. The Hall–Kier alpha value is -0.830. The standard InChI is InChI=1S/C10H11BrO2/c1-2-7-3-4-8(11)5-6-9(7)10(12)13/h3-7H,2H2,1H3,(H,12,13). The Morgan fingerprint density at radius 1 is 1.62 bits per heavy atom. The summed E-state index contributed by atoms with van der Waals surface area (Å²) in [6.07, 6.45) is 8.02. The average molecular weight is 243 g/mol. The maximum Gasteiger partial charge on any atom is 0.332 e. The number of carboxylic acids is 1. The summed E-state index contributed by atoms with van der Waals surface area (Å²) in [6, 6.07) is 0. The van der Waals surface area contributed by atoms with E-state index in [-0.39, 0.29) is 5.92 Å². The first-order valence-corrected chi connectivity index (χ1v) is 4.93. The lowest BCUT2D eigenvalue weighted by molar-refractivity contribution is -0.133. The van der Waals surface area contributed by atoms with Crippen LogP contribution in [0.3, 0.4) is 0 Å². The Bertz CT molecular complexity index is 300. The average Bonchev–Trinajstić information content (AvgIpc) is 2.26. The van der Waals surface area contributed by atoms with E-state index in [4.69, 9.17) is 5.11 Å². The highest BCUT2D eigenvalue weighted by atomic mass is 79.9. The summed E-state index contributed by atoms with van der Waals surface area (Å²) in [5.74, 6) is -0.821. The molecule has 0 spiro atoms. The normalized spacial score (nSPS) is 21.8. The number of allylic oxidation sites excluding steroid dienone is 5. The fourth-order valence-corrected chi connectivity index (χ4v) is 1.53. The van der Waals surface area contributed by atoms with Gasteiger partial charge in [0.2, 0.25) is 0 Å². The van der Waals surface area contributed by atoms with Crippen molar-refractivity contribution < 1.29 is 9.90 Å². The predicted molar refractivity (Wildman–Crippen MR) is 55.6 cm³/mol. The molecule has 13 heavy (non-hydrogen) atoms. The molecule has 1 unspecified atom stereocenters. The highest BCUT2D eigenvalue weighted by molar-refractivity contribution is 9.11. The van der Waals surface area contributed by atoms with Crippen molar-refractivity contribution in [1.29, 1.82) is 0 Å².